The number of amides is 1. The molecule has 0 spiro atoms. The SMILES string of the molecule is N#C[C@@H]1[C@@H](c2ccc(C3=CCCCC3)cc2)[C@@H](CO)N1C(=O)Cc1ccncc1. The number of aliphatic hydroxyl groups excluding tert-OH is 1. The first-order valence-corrected chi connectivity index (χ1v) is 10.2. The molecule has 0 bridgehead atoms. The summed E-state index contributed by atoms with van der Waals surface area (Å²) in [7, 11) is 0. The molecule has 0 radical (unpaired) electrons. The smallest absolute Gasteiger partial charge is 0.228 e. The predicted molar refractivity (Wildman–Crippen MR) is 111 cm³/mol. The number of benzene rings is 1. The van der Waals surface area contributed by atoms with Crippen LogP contribution in [0.5, 0.6) is 0 Å². The standard InChI is InChI=1S/C24H25N3O2/c25-15-21-24(20-8-6-19(7-9-20)18-4-2-1-3-5-18)22(16-28)27(21)23(29)14-17-10-12-26-13-11-17/h4,6-13,21-22,24,28H,1-3,5,14,16H2/t21-,22-,24-/m1/s1. The molecule has 1 aromatic heterocycles. The first-order chi connectivity index (χ1) is 14.2. The van der Waals surface area contributed by atoms with Crippen LogP contribution in [-0.4, -0.2) is 39.6 Å². The highest BCUT2D eigenvalue weighted by atomic mass is 16.3. The molecule has 3 atom stereocenters. The minimum atomic E-state index is -0.554. The number of hydrogen-bond donors (Lipinski definition) is 1. The maximum atomic E-state index is 12.8. The number of aromatic nitrogens is 1. The van der Waals surface area contributed by atoms with Crippen LogP contribution in [0.25, 0.3) is 5.57 Å². The van der Waals surface area contributed by atoms with E-state index in [2.05, 4.69) is 29.3 Å². The highest BCUT2D eigenvalue weighted by Gasteiger charge is 2.51. The Balaban J connectivity index is 1.51. The number of hydrogen-bond acceptors (Lipinski definition) is 4. The van der Waals surface area contributed by atoms with Gasteiger partial charge in [0.2, 0.25) is 5.91 Å². The number of likely N-dealkylation sites (tertiary alicyclic amines) is 1. The maximum Gasteiger partial charge on any atom is 0.228 e. The van der Waals surface area contributed by atoms with E-state index in [9.17, 15) is 15.2 Å². The Kier molecular flexibility index (Phi) is 5.73. The van der Waals surface area contributed by atoms with Gasteiger partial charge in [0.1, 0.15) is 6.04 Å². The number of pyridine rings is 1. The normalized spacial score (nSPS) is 23.7. The molecule has 5 heteroatoms. The Morgan fingerprint density at radius 1 is 1.17 bits per heavy atom. The molecule has 4 rings (SSSR count). The van der Waals surface area contributed by atoms with Gasteiger partial charge in [-0.25, -0.2) is 0 Å². The quantitative estimate of drug-likeness (QED) is 0.852. The van der Waals surface area contributed by atoms with Crippen LogP contribution in [0.15, 0.2) is 54.9 Å². The third-order valence-electron chi connectivity index (χ3n) is 6.08. The molecule has 2 heterocycles. The first-order valence-electron chi connectivity index (χ1n) is 10.2. The molecule has 0 saturated carbocycles. The van der Waals surface area contributed by atoms with E-state index in [1.807, 2.05) is 12.1 Å². The van der Waals surface area contributed by atoms with Gasteiger partial charge >= 0.3 is 0 Å². The van der Waals surface area contributed by atoms with Gasteiger partial charge in [0, 0.05) is 18.3 Å². The van der Waals surface area contributed by atoms with Gasteiger partial charge in [0.15, 0.2) is 0 Å². The van der Waals surface area contributed by atoms with Crippen molar-refractivity contribution in [3.8, 4) is 6.07 Å². The molecule has 1 aromatic carbocycles. The number of allylic oxidation sites excluding steroid dienone is 2. The first kappa shape index (κ1) is 19.4. The summed E-state index contributed by atoms with van der Waals surface area (Å²) in [6.07, 6.45) is 10.6. The lowest BCUT2D eigenvalue weighted by atomic mass is 9.75. The summed E-state index contributed by atoms with van der Waals surface area (Å²) in [5.41, 5.74) is 4.48. The van der Waals surface area contributed by atoms with E-state index in [-0.39, 0.29) is 30.9 Å². The highest BCUT2D eigenvalue weighted by Crippen LogP contribution is 2.41. The summed E-state index contributed by atoms with van der Waals surface area (Å²) in [5.74, 6) is -0.303. The molecule has 5 nitrogen and oxygen atoms in total. The van der Waals surface area contributed by atoms with Crippen molar-refractivity contribution in [1.29, 1.82) is 5.26 Å². The van der Waals surface area contributed by atoms with Crippen molar-refractivity contribution in [3.05, 3.63) is 71.6 Å². The van der Waals surface area contributed by atoms with Crippen molar-refractivity contribution in [1.82, 2.24) is 9.88 Å². The van der Waals surface area contributed by atoms with E-state index < -0.39 is 6.04 Å². The molecule has 148 valence electrons. The molecular formula is C24H25N3O2. The van der Waals surface area contributed by atoms with Crippen LogP contribution >= 0.6 is 0 Å². The highest BCUT2D eigenvalue weighted by molar-refractivity contribution is 5.81. The summed E-state index contributed by atoms with van der Waals surface area (Å²) in [5, 5.41) is 19.7. The average Bonchev–Trinajstić information content (AvgIpc) is 2.75. The maximum absolute atomic E-state index is 12.8. The van der Waals surface area contributed by atoms with Gasteiger partial charge in [-0.3, -0.25) is 9.78 Å². The van der Waals surface area contributed by atoms with E-state index in [4.69, 9.17) is 0 Å². The van der Waals surface area contributed by atoms with Crippen LogP contribution in [0, 0.1) is 11.3 Å². The molecule has 0 unspecified atom stereocenters. The number of carbonyl (C=O) groups is 1. The summed E-state index contributed by atoms with van der Waals surface area (Å²) in [6, 6.07) is 13.3. The van der Waals surface area contributed by atoms with Crippen LogP contribution in [0.4, 0.5) is 0 Å². The van der Waals surface area contributed by atoms with Gasteiger partial charge in [-0.1, -0.05) is 30.3 Å². The van der Waals surface area contributed by atoms with Gasteiger partial charge in [-0.15, -0.1) is 0 Å². The van der Waals surface area contributed by atoms with Crippen molar-refractivity contribution in [2.24, 2.45) is 0 Å². The second-order valence-corrected chi connectivity index (χ2v) is 7.78. The third-order valence-corrected chi connectivity index (χ3v) is 6.08. The molecule has 29 heavy (non-hydrogen) atoms. The molecule has 1 fully saturated rings. The summed E-state index contributed by atoms with van der Waals surface area (Å²) in [4.78, 5) is 18.3. The average molecular weight is 387 g/mol. The second kappa shape index (κ2) is 8.59. The second-order valence-electron chi connectivity index (χ2n) is 7.78. The van der Waals surface area contributed by atoms with Gasteiger partial charge in [0.25, 0.3) is 0 Å². The van der Waals surface area contributed by atoms with Crippen molar-refractivity contribution in [2.75, 3.05) is 6.61 Å². The minimum absolute atomic E-state index is 0.137. The Morgan fingerprint density at radius 3 is 2.55 bits per heavy atom. The van der Waals surface area contributed by atoms with Crippen LogP contribution in [0.3, 0.4) is 0 Å². The van der Waals surface area contributed by atoms with E-state index in [0.717, 1.165) is 24.0 Å². The number of nitriles is 1. The monoisotopic (exact) mass is 387 g/mol. The Bertz CT molecular complexity index is 931. The molecule has 1 N–H and O–H groups in total. The molecular weight excluding hydrogens is 362 g/mol. The van der Waals surface area contributed by atoms with Crippen LogP contribution in [-0.2, 0) is 11.2 Å². The topological polar surface area (TPSA) is 77.2 Å². The summed E-state index contributed by atoms with van der Waals surface area (Å²) >= 11 is 0. The number of nitrogens with zero attached hydrogens (tertiary/aromatic N) is 3. The van der Waals surface area contributed by atoms with Crippen LogP contribution < -0.4 is 0 Å². The molecule has 2 aliphatic rings. The van der Waals surface area contributed by atoms with E-state index >= 15 is 0 Å². The fourth-order valence-electron chi connectivity index (χ4n) is 4.54. The largest absolute Gasteiger partial charge is 0.394 e. The number of aliphatic hydroxyl groups is 1. The minimum Gasteiger partial charge on any atom is -0.394 e. The lowest BCUT2D eigenvalue weighted by molar-refractivity contribution is -0.146. The Labute approximate surface area is 171 Å². The fourth-order valence-corrected chi connectivity index (χ4v) is 4.54. The number of carbonyl (C=O) groups excluding carboxylic acids is 1. The fraction of sp³-hybridized carbons (Fsp3) is 0.375. The van der Waals surface area contributed by atoms with E-state index in [1.165, 1.54) is 24.0 Å². The van der Waals surface area contributed by atoms with Crippen molar-refractivity contribution in [2.45, 2.75) is 50.1 Å². The van der Waals surface area contributed by atoms with Gasteiger partial charge in [-0.2, -0.15) is 5.26 Å². The number of rotatable bonds is 5. The lowest BCUT2D eigenvalue weighted by Crippen LogP contribution is -2.65. The van der Waals surface area contributed by atoms with Gasteiger partial charge < -0.3 is 10.0 Å². The summed E-state index contributed by atoms with van der Waals surface area (Å²) in [6.45, 7) is -0.155. The summed E-state index contributed by atoms with van der Waals surface area (Å²) < 4.78 is 0. The van der Waals surface area contributed by atoms with Crippen LogP contribution in [0.1, 0.15) is 48.3 Å². The predicted octanol–water partition coefficient (Wildman–Crippen LogP) is 3.46. The Hall–Kier alpha value is -2.97. The Morgan fingerprint density at radius 2 is 1.93 bits per heavy atom. The third kappa shape index (κ3) is 3.81. The van der Waals surface area contributed by atoms with E-state index in [0.29, 0.717) is 0 Å². The van der Waals surface area contributed by atoms with Crippen LogP contribution in [0.2, 0.25) is 0 Å². The molecule has 1 saturated heterocycles. The van der Waals surface area contributed by atoms with Crippen molar-refractivity contribution < 1.29 is 9.90 Å². The van der Waals surface area contributed by atoms with E-state index in [1.54, 1.807) is 29.4 Å². The molecule has 1 amide bonds. The zero-order valence-electron chi connectivity index (χ0n) is 16.4. The molecule has 2 aromatic rings. The van der Waals surface area contributed by atoms with Gasteiger partial charge in [0.05, 0.1) is 25.1 Å². The van der Waals surface area contributed by atoms with Crippen molar-refractivity contribution in [3.63, 3.8) is 0 Å². The molecule has 1 aliphatic heterocycles. The zero-order valence-corrected chi connectivity index (χ0v) is 16.4. The molecule has 1 aliphatic carbocycles. The zero-order chi connectivity index (χ0) is 20.2. The lowest BCUT2D eigenvalue weighted by Gasteiger charge is -2.51. The van der Waals surface area contributed by atoms with Crippen molar-refractivity contribution >= 4 is 11.5 Å². The van der Waals surface area contributed by atoms with Gasteiger partial charge in [-0.05, 0) is 60.1 Å².